The number of piperidine rings is 1. The number of aromatic nitrogens is 2. The van der Waals surface area contributed by atoms with Crippen LogP contribution in [-0.2, 0) is 68.8 Å². The minimum absolute atomic E-state index is 0.0136. The Bertz CT molecular complexity index is 4150. The molecular weight excluding hydrogens is 1480 g/mol. The van der Waals surface area contributed by atoms with Crippen LogP contribution in [0.2, 0.25) is 0 Å². The lowest BCUT2D eigenvalue weighted by Gasteiger charge is -2.47. The number of carbonyl (C=O) groups excluding carboxylic acids is 10. The molecule has 6 aromatic rings. The van der Waals surface area contributed by atoms with Crippen molar-refractivity contribution < 1.29 is 73.2 Å². The number of aliphatic hydroxyl groups excluding tert-OH is 2. The summed E-state index contributed by atoms with van der Waals surface area (Å²) < 4.78 is 0.233. The zero-order chi connectivity index (χ0) is 77.6. The van der Waals surface area contributed by atoms with Crippen molar-refractivity contribution >= 4 is 128 Å². The average Bonchev–Trinajstić information content (AvgIpc) is 1.70. The molecular formula is C74H96BrN15O15S2. The Morgan fingerprint density at radius 3 is 1.89 bits per heavy atom. The molecule has 1 aliphatic carbocycles. The van der Waals surface area contributed by atoms with E-state index in [0.29, 0.717) is 53.5 Å². The molecule has 30 nitrogen and oxygen atoms in total. The largest absolute Gasteiger partial charge is 0.507 e. The van der Waals surface area contributed by atoms with E-state index in [1.807, 2.05) is 24.4 Å². The standard InChI is InChI=1S/C74H96BrN15O15S2/c1-5-27-89-37-46(32-49-48-19-14-22-52-61(48)45(36-80-52)34-59(49)89)71(101)90(74(105)77-6-2)28-15-26-78-73(104)86-55(30-42-16-8-7-9-17-42)66(96)84-57(38-106)68(98)82-54(31-43-23-24-60(93)50(75)29-43)65(95)83-56(33-44-35-79-51-20-11-10-18-47(44)51)67(97)81-53(21-12-13-25-76)64(94)87-62(40(3)91)70(100)85-58(39-107)69(99)88-63(41(4)92)72(102)103/h5,7-11,14,16-20,22-24,29,35-36,40-41,46,49,53-59,62-63,79-80,91-93,106-107H,1,6,12-13,15,21,25-28,30-34,37-39,76H2,2-4H3,(H,77,105)(H,81,97)(H,82,98)(H,83,95)(H,84,96)(H,85,100)(H,87,94)(H,88,99)(H,102,103)(H2,78,86,104)/t40-,41-,46-,49?,53+,54+,55-,56-,57+,58+,59?,62+,63+/m1/s1. The van der Waals surface area contributed by atoms with Crippen LogP contribution in [0.4, 0.5) is 9.59 Å². The quantitative estimate of drug-likeness (QED) is 0.0150. The molecule has 0 spiro atoms. The van der Waals surface area contributed by atoms with Gasteiger partial charge in [0.05, 0.1) is 22.6 Å². The molecule has 0 bridgehead atoms. The highest BCUT2D eigenvalue weighted by Crippen LogP contribution is 2.45. The third-order valence-electron chi connectivity index (χ3n) is 19.0. The summed E-state index contributed by atoms with van der Waals surface area (Å²) in [6, 6.07) is 12.6. The first-order valence-corrected chi connectivity index (χ1v) is 37.6. The molecule has 0 radical (unpaired) electrons. The van der Waals surface area contributed by atoms with Crippen molar-refractivity contribution in [2.75, 3.05) is 50.8 Å². The van der Waals surface area contributed by atoms with E-state index in [2.05, 4.69) is 122 Å². The van der Waals surface area contributed by atoms with Crippen LogP contribution in [0.3, 0.4) is 0 Å². The number of likely N-dealkylation sites (tertiary alicyclic amines) is 1. The van der Waals surface area contributed by atoms with E-state index in [-0.39, 0.29) is 98.5 Å². The number of imide groups is 1. The number of aromatic amines is 2. The van der Waals surface area contributed by atoms with E-state index in [0.717, 1.165) is 29.8 Å². The number of urea groups is 2. The van der Waals surface area contributed by atoms with Gasteiger partial charge >= 0.3 is 18.0 Å². The molecule has 8 rings (SSSR count). The number of hydrogen-bond acceptors (Lipinski definition) is 18. The fourth-order valence-electron chi connectivity index (χ4n) is 13.5. The number of H-pyrrole nitrogens is 2. The molecule has 13 atom stereocenters. The number of phenolic OH excluding ortho intramolecular Hbond substituents is 1. The van der Waals surface area contributed by atoms with E-state index < -0.39 is 132 Å². The highest BCUT2D eigenvalue weighted by Gasteiger charge is 2.45. The summed E-state index contributed by atoms with van der Waals surface area (Å²) in [5, 5.41) is 68.7. The van der Waals surface area contributed by atoms with Crippen molar-refractivity contribution in [2.45, 2.75) is 151 Å². The molecule has 1 saturated heterocycles. The molecule has 1 fully saturated rings. The van der Waals surface area contributed by atoms with Gasteiger partial charge < -0.3 is 89.3 Å². The molecule has 0 saturated carbocycles. The Balaban J connectivity index is 0.977. The summed E-state index contributed by atoms with van der Waals surface area (Å²) in [6.07, 6.45) is 3.68. The van der Waals surface area contributed by atoms with Gasteiger partial charge in [-0.2, -0.15) is 25.3 Å². The number of unbranched alkanes of at least 4 members (excludes halogenated alkanes) is 1. The van der Waals surface area contributed by atoms with Crippen molar-refractivity contribution in [3.05, 3.63) is 148 Å². The highest BCUT2D eigenvalue weighted by molar-refractivity contribution is 9.10. The summed E-state index contributed by atoms with van der Waals surface area (Å²) >= 11 is 11.9. The van der Waals surface area contributed by atoms with Gasteiger partial charge in [-0.3, -0.25) is 48.2 Å². The Labute approximate surface area is 638 Å². The summed E-state index contributed by atoms with van der Waals surface area (Å²) in [7, 11) is 0. The fourth-order valence-corrected chi connectivity index (χ4v) is 14.4. The maximum absolute atomic E-state index is 15.1. The first-order chi connectivity index (χ1) is 51.3. The van der Waals surface area contributed by atoms with E-state index in [9.17, 15) is 63.6 Å². The van der Waals surface area contributed by atoms with Gasteiger partial charge in [0.15, 0.2) is 6.04 Å². The van der Waals surface area contributed by atoms with Gasteiger partial charge in [0, 0.05) is 110 Å². The first kappa shape index (κ1) is 83.1. The van der Waals surface area contributed by atoms with Crippen LogP contribution in [0.25, 0.3) is 21.8 Å². The molecule has 2 unspecified atom stereocenters. The van der Waals surface area contributed by atoms with Gasteiger partial charge in [0.1, 0.15) is 48.0 Å². The van der Waals surface area contributed by atoms with Crippen LogP contribution in [-0.4, -0.2) is 223 Å². The van der Waals surface area contributed by atoms with Crippen LogP contribution < -0.4 is 58.9 Å². The highest BCUT2D eigenvalue weighted by atomic mass is 79.9. The number of phenols is 1. The second-order valence-corrected chi connectivity index (χ2v) is 28.3. The number of nitrogens with one attached hydrogen (secondary N) is 12. The van der Waals surface area contributed by atoms with Crippen LogP contribution in [0.5, 0.6) is 5.75 Å². The van der Waals surface area contributed by atoms with Gasteiger partial charge in [0.25, 0.3) is 0 Å². The average molecular weight is 1580 g/mol. The maximum Gasteiger partial charge on any atom is 0.328 e. The number of para-hydroxylation sites is 1. The maximum atomic E-state index is 15.1. The molecule has 1 aliphatic heterocycles. The molecule has 18 N–H and O–H groups in total. The lowest BCUT2D eigenvalue weighted by Crippen LogP contribution is -2.62. The van der Waals surface area contributed by atoms with Gasteiger partial charge in [-0.1, -0.05) is 72.8 Å². The van der Waals surface area contributed by atoms with Crippen molar-refractivity contribution in [3.8, 4) is 5.75 Å². The fraction of sp³-hybridized carbons (Fsp3) is 0.446. The number of aromatic hydroxyl groups is 1. The summed E-state index contributed by atoms with van der Waals surface area (Å²) in [5.41, 5.74) is 11.5. The molecule has 3 heterocycles. The van der Waals surface area contributed by atoms with Crippen LogP contribution in [0, 0.1) is 5.92 Å². The summed E-state index contributed by atoms with van der Waals surface area (Å²) in [6.45, 7) is 9.35. The Morgan fingerprint density at radius 2 is 1.24 bits per heavy atom. The third-order valence-corrected chi connectivity index (χ3v) is 20.4. The number of carboxylic acid groups (broad SMARTS) is 1. The Kier molecular flexibility index (Phi) is 31.0. The Morgan fingerprint density at radius 1 is 0.664 bits per heavy atom. The lowest BCUT2D eigenvalue weighted by atomic mass is 9.72. The van der Waals surface area contributed by atoms with Gasteiger partial charge in [-0.05, 0) is 134 Å². The number of benzene rings is 4. The second kappa shape index (κ2) is 39.9. The van der Waals surface area contributed by atoms with Crippen LogP contribution >= 0.6 is 41.2 Å². The van der Waals surface area contributed by atoms with E-state index in [1.165, 1.54) is 35.6 Å². The molecule has 2 aromatic heterocycles. The predicted molar refractivity (Wildman–Crippen MR) is 411 cm³/mol. The van der Waals surface area contributed by atoms with E-state index in [4.69, 9.17) is 5.73 Å². The number of amides is 12. The van der Waals surface area contributed by atoms with Crippen LogP contribution in [0.1, 0.15) is 86.6 Å². The molecule has 107 heavy (non-hydrogen) atoms. The number of rotatable bonds is 38. The van der Waals surface area contributed by atoms with Crippen molar-refractivity contribution in [1.29, 1.82) is 0 Å². The topological polar surface area (TPSA) is 453 Å². The molecule has 4 aromatic carbocycles. The number of aliphatic carboxylic acids is 1. The number of carboxylic acids is 1. The predicted octanol–water partition coefficient (Wildman–Crippen LogP) is 2.21. The van der Waals surface area contributed by atoms with E-state index >= 15 is 9.59 Å². The smallest absolute Gasteiger partial charge is 0.328 e. The summed E-state index contributed by atoms with van der Waals surface area (Å²) in [4.78, 5) is 165. The normalized spacial score (nSPS) is 17.4. The molecule has 2 aliphatic rings. The number of aliphatic hydroxyl groups is 2. The van der Waals surface area contributed by atoms with Crippen LogP contribution in [0.15, 0.2) is 121 Å². The van der Waals surface area contributed by atoms with Gasteiger partial charge in [-0.15, -0.1) is 6.58 Å². The van der Waals surface area contributed by atoms with Gasteiger partial charge in [-0.25, -0.2) is 14.4 Å². The zero-order valence-corrected chi connectivity index (χ0v) is 63.0. The van der Waals surface area contributed by atoms with Crippen molar-refractivity contribution in [1.82, 2.24) is 72.9 Å². The van der Waals surface area contributed by atoms with Gasteiger partial charge in [0.2, 0.25) is 47.3 Å². The van der Waals surface area contributed by atoms with E-state index in [1.54, 1.807) is 67.7 Å². The number of nitrogens with two attached hydrogens (primary N) is 1. The minimum Gasteiger partial charge on any atom is -0.507 e. The first-order valence-electron chi connectivity index (χ1n) is 35.5. The van der Waals surface area contributed by atoms with Crippen molar-refractivity contribution in [2.24, 2.45) is 11.7 Å². The summed E-state index contributed by atoms with van der Waals surface area (Å²) in [5.74, 6) is -10.1. The SMILES string of the molecule is C=CCN1C[C@H](C(=O)N(CCCNC(=O)N[C@H](Cc2ccccc2)C(=O)N[C@@H](CS)C(=O)N[C@@H](Cc2ccc(O)c(Br)c2)C(=O)N[C@H](Cc2c[nH]c3ccccc23)C(=O)N[C@@H](CCCCN)C(=O)N[C@H](C(=O)N[C@@H](CS)C(=O)N[C@H](C(=O)O)[C@@H](C)O)[C@@H](C)O)C(=O)NCC)CC2c3cccc4[nH]cc(c34)CC21. The lowest BCUT2D eigenvalue weighted by molar-refractivity contribution is -0.145. The number of hydrogen-bond donors (Lipinski definition) is 19. The number of fused-ring (bicyclic) bond motifs is 3. The third kappa shape index (κ3) is 22.3. The molecule has 12 amide bonds. The van der Waals surface area contributed by atoms with Crippen molar-refractivity contribution in [3.63, 3.8) is 0 Å². The number of halogens is 1. The number of nitrogens with zero attached hydrogens (tertiary/aromatic N) is 2. The minimum atomic E-state index is -1.79. The molecule has 33 heteroatoms. The Hall–Kier alpha value is -9.51. The number of carbonyl (C=O) groups is 11. The zero-order valence-electron chi connectivity index (χ0n) is 59.6. The molecule has 576 valence electrons. The second-order valence-electron chi connectivity index (χ2n) is 26.8. The monoisotopic (exact) mass is 1580 g/mol. The number of thiol groups is 2.